The van der Waals surface area contributed by atoms with E-state index in [1.165, 1.54) is 23.9 Å². The normalized spacial score (nSPS) is 14.4. The van der Waals surface area contributed by atoms with Gasteiger partial charge in [0.25, 0.3) is 0 Å². The highest BCUT2D eigenvalue weighted by Crippen LogP contribution is 2.30. The number of ether oxygens (including phenoxy) is 1. The van der Waals surface area contributed by atoms with E-state index in [4.69, 9.17) is 16.3 Å². The molecular formula is C34H41BrClN3O5S. The summed E-state index contributed by atoms with van der Waals surface area (Å²) >= 11 is 9.76. The Morgan fingerprint density at radius 1 is 1.00 bits per heavy atom. The van der Waals surface area contributed by atoms with Crippen molar-refractivity contribution in [1.82, 2.24) is 10.2 Å². The quantitative estimate of drug-likeness (QED) is 0.199. The molecule has 0 radical (unpaired) electrons. The molecule has 1 aliphatic rings. The zero-order chi connectivity index (χ0) is 32.4. The number of carbonyl (C=O) groups excluding carboxylic acids is 2. The van der Waals surface area contributed by atoms with E-state index in [9.17, 15) is 18.0 Å². The van der Waals surface area contributed by atoms with Crippen LogP contribution in [0.2, 0.25) is 5.02 Å². The monoisotopic (exact) mass is 717 g/mol. The van der Waals surface area contributed by atoms with Crippen molar-refractivity contribution in [3.8, 4) is 5.75 Å². The Kier molecular flexibility index (Phi) is 12.7. The van der Waals surface area contributed by atoms with Gasteiger partial charge in [-0.15, -0.1) is 0 Å². The second-order valence-electron chi connectivity index (χ2n) is 11.5. The van der Waals surface area contributed by atoms with Crippen LogP contribution in [-0.2, 0) is 32.6 Å². The SMILES string of the molecule is COc1ccc(N(CCCC(=O)N(Cc2ccc(Br)cc2)[C@@H](Cc2ccccc2)C(=O)NC2CCCCC2)S(C)(=O)=O)cc1Cl. The predicted molar refractivity (Wildman–Crippen MR) is 183 cm³/mol. The number of sulfonamides is 1. The number of nitrogens with zero attached hydrogens (tertiary/aromatic N) is 2. The first kappa shape index (κ1) is 34.8. The molecule has 1 aliphatic carbocycles. The van der Waals surface area contributed by atoms with Crippen molar-refractivity contribution in [2.24, 2.45) is 0 Å². The summed E-state index contributed by atoms with van der Waals surface area (Å²) in [5.41, 5.74) is 2.23. The molecule has 0 heterocycles. The topological polar surface area (TPSA) is 96.0 Å². The largest absolute Gasteiger partial charge is 0.495 e. The van der Waals surface area contributed by atoms with Gasteiger partial charge in [0.2, 0.25) is 21.8 Å². The Morgan fingerprint density at radius 2 is 1.69 bits per heavy atom. The molecule has 0 bridgehead atoms. The first-order valence-electron chi connectivity index (χ1n) is 15.2. The minimum absolute atomic E-state index is 0.0500. The van der Waals surface area contributed by atoms with Crippen LogP contribution in [0.3, 0.4) is 0 Å². The van der Waals surface area contributed by atoms with E-state index in [1.807, 2.05) is 54.6 Å². The lowest BCUT2D eigenvalue weighted by molar-refractivity contribution is -0.141. The van der Waals surface area contributed by atoms with Gasteiger partial charge in [-0.1, -0.05) is 89.3 Å². The van der Waals surface area contributed by atoms with Gasteiger partial charge in [0, 0.05) is 36.4 Å². The summed E-state index contributed by atoms with van der Waals surface area (Å²) in [5.74, 6) is 0.0456. The van der Waals surface area contributed by atoms with Crippen LogP contribution < -0.4 is 14.4 Å². The minimum atomic E-state index is -3.67. The molecule has 0 unspecified atom stereocenters. The van der Waals surface area contributed by atoms with Gasteiger partial charge < -0.3 is 15.0 Å². The molecule has 8 nitrogen and oxygen atoms in total. The summed E-state index contributed by atoms with van der Waals surface area (Å²) in [6, 6.07) is 21.5. The molecule has 3 aromatic rings. The lowest BCUT2D eigenvalue weighted by Crippen LogP contribution is -2.52. The van der Waals surface area contributed by atoms with Crippen molar-refractivity contribution in [2.45, 2.75) is 70.0 Å². The molecule has 0 saturated heterocycles. The molecule has 242 valence electrons. The second kappa shape index (κ2) is 16.5. The van der Waals surface area contributed by atoms with Gasteiger partial charge >= 0.3 is 0 Å². The summed E-state index contributed by atoms with van der Waals surface area (Å²) in [7, 11) is -2.18. The Labute approximate surface area is 280 Å². The van der Waals surface area contributed by atoms with Crippen LogP contribution >= 0.6 is 27.5 Å². The lowest BCUT2D eigenvalue weighted by Gasteiger charge is -2.34. The van der Waals surface area contributed by atoms with E-state index in [0.717, 1.165) is 47.5 Å². The molecule has 11 heteroatoms. The molecule has 0 aliphatic heterocycles. The van der Waals surface area contributed by atoms with Crippen LogP contribution in [-0.4, -0.2) is 57.1 Å². The summed E-state index contributed by atoms with van der Waals surface area (Å²) in [5, 5.41) is 3.53. The average molecular weight is 719 g/mol. The fourth-order valence-corrected chi connectivity index (χ4v) is 7.17. The van der Waals surface area contributed by atoms with Gasteiger partial charge in [0.05, 0.1) is 24.1 Å². The molecule has 2 amide bonds. The lowest BCUT2D eigenvalue weighted by atomic mass is 9.94. The van der Waals surface area contributed by atoms with Crippen LogP contribution in [0.5, 0.6) is 5.75 Å². The summed E-state index contributed by atoms with van der Waals surface area (Å²) in [4.78, 5) is 29.7. The van der Waals surface area contributed by atoms with E-state index < -0.39 is 16.1 Å². The van der Waals surface area contributed by atoms with Gasteiger partial charge in [0.15, 0.2) is 0 Å². The van der Waals surface area contributed by atoms with E-state index in [-0.39, 0.29) is 48.8 Å². The molecule has 1 N–H and O–H groups in total. The fraction of sp³-hybridized carbons (Fsp3) is 0.412. The molecular weight excluding hydrogens is 678 g/mol. The highest BCUT2D eigenvalue weighted by Gasteiger charge is 2.32. The van der Waals surface area contributed by atoms with E-state index in [0.29, 0.717) is 17.9 Å². The summed E-state index contributed by atoms with van der Waals surface area (Å²) in [6.45, 7) is 0.308. The zero-order valence-electron chi connectivity index (χ0n) is 25.8. The van der Waals surface area contributed by atoms with E-state index in [1.54, 1.807) is 17.0 Å². The molecule has 1 saturated carbocycles. The molecule has 0 spiro atoms. The Hall–Kier alpha value is -3.08. The first-order valence-corrected chi connectivity index (χ1v) is 18.3. The number of benzene rings is 3. The average Bonchev–Trinajstić information content (AvgIpc) is 3.02. The van der Waals surface area contributed by atoms with Gasteiger partial charge in [-0.25, -0.2) is 8.42 Å². The van der Waals surface area contributed by atoms with Gasteiger partial charge in [-0.05, 0) is 60.7 Å². The van der Waals surface area contributed by atoms with Crippen LogP contribution in [0.4, 0.5) is 5.69 Å². The number of hydrogen-bond acceptors (Lipinski definition) is 5. The van der Waals surface area contributed by atoms with Gasteiger partial charge in [0.1, 0.15) is 11.8 Å². The molecule has 1 fully saturated rings. The van der Waals surface area contributed by atoms with Crippen LogP contribution in [0.25, 0.3) is 0 Å². The Morgan fingerprint density at radius 3 is 2.31 bits per heavy atom. The smallest absolute Gasteiger partial charge is 0.243 e. The van der Waals surface area contributed by atoms with Crippen LogP contribution in [0.15, 0.2) is 77.3 Å². The number of rotatable bonds is 14. The highest BCUT2D eigenvalue weighted by molar-refractivity contribution is 9.10. The third-order valence-corrected chi connectivity index (χ3v) is 10.1. The van der Waals surface area contributed by atoms with Crippen molar-refractivity contribution < 1.29 is 22.7 Å². The Bertz CT molecular complexity index is 1530. The number of nitrogens with one attached hydrogen (secondary N) is 1. The highest BCUT2D eigenvalue weighted by atomic mass is 79.9. The second-order valence-corrected chi connectivity index (χ2v) is 14.7. The molecule has 0 aromatic heterocycles. The number of carbonyl (C=O) groups is 2. The molecule has 4 rings (SSSR count). The maximum atomic E-state index is 14.1. The van der Waals surface area contributed by atoms with Gasteiger partial charge in [-0.2, -0.15) is 0 Å². The third-order valence-electron chi connectivity index (χ3n) is 8.06. The minimum Gasteiger partial charge on any atom is -0.495 e. The Balaban J connectivity index is 1.58. The van der Waals surface area contributed by atoms with Crippen molar-refractivity contribution in [2.75, 3.05) is 24.2 Å². The van der Waals surface area contributed by atoms with Crippen molar-refractivity contribution in [1.29, 1.82) is 0 Å². The number of anilines is 1. The zero-order valence-corrected chi connectivity index (χ0v) is 28.9. The standard InChI is InChI=1S/C34H41BrClN3O5S/c1-44-32-20-19-29(23-30(32)36)39(45(2,42)43)21-9-14-33(40)38(24-26-15-17-27(35)18-16-26)31(22-25-10-5-3-6-11-25)34(41)37-28-12-7-4-8-13-28/h3,5-6,10-11,15-20,23,28,31H,4,7-9,12-14,21-22,24H2,1-2H3,(H,37,41)/t31-/m0/s1. The fourth-order valence-electron chi connectivity index (χ4n) is 5.70. The predicted octanol–water partition coefficient (Wildman–Crippen LogP) is 6.75. The van der Waals surface area contributed by atoms with Gasteiger partial charge in [-0.3, -0.25) is 13.9 Å². The third kappa shape index (κ3) is 10.2. The van der Waals surface area contributed by atoms with Crippen molar-refractivity contribution >= 4 is 55.1 Å². The van der Waals surface area contributed by atoms with Crippen molar-refractivity contribution in [3.05, 3.63) is 93.4 Å². The summed E-state index contributed by atoms with van der Waals surface area (Å²) < 4.78 is 32.9. The van der Waals surface area contributed by atoms with Crippen molar-refractivity contribution in [3.63, 3.8) is 0 Å². The maximum Gasteiger partial charge on any atom is 0.243 e. The molecule has 3 aromatic carbocycles. The number of amides is 2. The molecule has 1 atom stereocenters. The maximum absolute atomic E-state index is 14.1. The van der Waals surface area contributed by atoms with Crippen LogP contribution in [0.1, 0.15) is 56.1 Å². The van der Waals surface area contributed by atoms with E-state index >= 15 is 0 Å². The number of hydrogen-bond donors (Lipinski definition) is 1. The number of methoxy groups -OCH3 is 1. The number of halogens is 2. The summed E-state index contributed by atoms with van der Waals surface area (Å²) in [6.07, 6.45) is 6.96. The van der Waals surface area contributed by atoms with E-state index in [2.05, 4.69) is 21.2 Å². The first-order chi connectivity index (χ1) is 21.5. The molecule has 45 heavy (non-hydrogen) atoms. The van der Waals surface area contributed by atoms with Crippen LogP contribution in [0, 0.1) is 0 Å².